The van der Waals surface area contributed by atoms with Crippen LogP contribution in [0.4, 0.5) is 4.39 Å². The number of allylic oxidation sites excluding steroid dienone is 1. The third kappa shape index (κ3) is 3.24. The van der Waals surface area contributed by atoms with Crippen LogP contribution in [-0.2, 0) is 11.3 Å². The molecule has 0 unspecified atom stereocenters. The molecule has 1 aromatic rings. The van der Waals surface area contributed by atoms with Gasteiger partial charge in [-0.2, -0.15) is 4.83 Å². The minimum absolute atomic E-state index is 0.0757. The number of halogens is 2. The summed E-state index contributed by atoms with van der Waals surface area (Å²) in [5.74, 6) is -0.211. The van der Waals surface area contributed by atoms with Gasteiger partial charge < -0.3 is 10.7 Å². The second-order valence-corrected chi connectivity index (χ2v) is 6.66. The predicted molar refractivity (Wildman–Crippen MR) is 86.1 cm³/mol. The van der Waals surface area contributed by atoms with Gasteiger partial charge >= 0.3 is 0 Å². The van der Waals surface area contributed by atoms with Crippen LogP contribution in [0, 0.1) is 11.7 Å². The Morgan fingerprint density at radius 2 is 2.18 bits per heavy atom. The number of hydrogen-bond donors (Lipinski definition) is 3. The summed E-state index contributed by atoms with van der Waals surface area (Å²) in [6.45, 7) is 0.0757. The number of hydrazine groups is 1. The number of benzene rings is 1. The van der Waals surface area contributed by atoms with Gasteiger partial charge in [-0.25, -0.2) is 4.39 Å². The van der Waals surface area contributed by atoms with Crippen LogP contribution in [0.3, 0.4) is 0 Å². The highest BCUT2D eigenvalue weighted by Crippen LogP contribution is 2.35. The molecule has 1 aromatic carbocycles. The lowest BCUT2D eigenvalue weighted by atomic mass is 10.0. The number of rotatable bonds is 4. The largest absolute Gasteiger partial charge is 0.347 e. The van der Waals surface area contributed by atoms with Crippen molar-refractivity contribution in [3.8, 4) is 0 Å². The highest BCUT2D eigenvalue weighted by Gasteiger charge is 2.29. The van der Waals surface area contributed by atoms with E-state index < -0.39 is 5.82 Å². The molecule has 1 heterocycles. The number of hydrogen-bond acceptors (Lipinski definition) is 4. The molecular weight excluding hydrogens is 325 g/mol. The summed E-state index contributed by atoms with van der Waals surface area (Å²) in [7, 11) is 0. The maximum Gasteiger partial charge on any atom is 0.261 e. The lowest BCUT2D eigenvalue weighted by Crippen LogP contribution is -2.26. The molecule has 3 rings (SSSR count). The van der Waals surface area contributed by atoms with Gasteiger partial charge in [-0.05, 0) is 36.9 Å². The van der Waals surface area contributed by atoms with E-state index in [1.54, 1.807) is 12.1 Å². The molecule has 0 atom stereocenters. The molecule has 0 bridgehead atoms. The van der Waals surface area contributed by atoms with Crippen LogP contribution >= 0.6 is 23.5 Å². The monoisotopic (exact) mass is 341 g/mol. The van der Waals surface area contributed by atoms with Gasteiger partial charge in [0, 0.05) is 23.0 Å². The average molecular weight is 342 g/mol. The quantitative estimate of drug-likeness (QED) is 0.736. The molecule has 7 heteroatoms. The molecule has 1 aliphatic heterocycles. The topological polar surface area (TPSA) is 53.2 Å². The Kier molecular flexibility index (Phi) is 4.90. The summed E-state index contributed by atoms with van der Waals surface area (Å²) < 4.78 is 13.7. The summed E-state index contributed by atoms with van der Waals surface area (Å²) >= 11 is 7.24. The Bertz CT molecular complexity index is 597. The lowest BCUT2D eigenvalue weighted by molar-refractivity contribution is -0.117. The maximum atomic E-state index is 13.7. The van der Waals surface area contributed by atoms with E-state index in [4.69, 9.17) is 11.6 Å². The SMILES string of the molecule is O=C(NCc1c(F)cccc1Cl)C1=C(C2CCCC2)NNS1. The summed E-state index contributed by atoms with van der Waals surface area (Å²) in [6.07, 6.45) is 4.58. The van der Waals surface area contributed by atoms with Gasteiger partial charge in [0.2, 0.25) is 0 Å². The van der Waals surface area contributed by atoms with Gasteiger partial charge in [-0.1, -0.05) is 30.5 Å². The van der Waals surface area contributed by atoms with Gasteiger partial charge in [-0.3, -0.25) is 4.79 Å². The van der Waals surface area contributed by atoms with Crippen molar-refractivity contribution in [2.75, 3.05) is 0 Å². The Hall–Kier alpha value is -1.24. The molecule has 1 fully saturated rings. The molecule has 4 nitrogen and oxygen atoms in total. The Morgan fingerprint density at radius 1 is 1.41 bits per heavy atom. The molecule has 1 amide bonds. The van der Waals surface area contributed by atoms with Crippen LogP contribution in [0.2, 0.25) is 5.02 Å². The fourth-order valence-electron chi connectivity index (χ4n) is 2.86. The first-order chi connectivity index (χ1) is 10.7. The van der Waals surface area contributed by atoms with Crippen LogP contribution in [-0.4, -0.2) is 5.91 Å². The van der Waals surface area contributed by atoms with Crippen molar-refractivity contribution in [3.63, 3.8) is 0 Å². The van der Waals surface area contributed by atoms with Gasteiger partial charge in [0.25, 0.3) is 5.91 Å². The first-order valence-electron chi connectivity index (χ1n) is 7.30. The number of amides is 1. The zero-order valence-corrected chi connectivity index (χ0v) is 13.5. The van der Waals surface area contributed by atoms with E-state index in [0.29, 0.717) is 21.4 Å². The Labute approximate surface area is 138 Å². The van der Waals surface area contributed by atoms with Crippen molar-refractivity contribution in [1.82, 2.24) is 15.6 Å². The van der Waals surface area contributed by atoms with Crippen LogP contribution in [0.5, 0.6) is 0 Å². The van der Waals surface area contributed by atoms with Crippen molar-refractivity contribution in [2.45, 2.75) is 32.2 Å². The zero-order chi connectivity index (χ0) is 15.5. The fourth-order valence-corrected chi connectivity index (χ4v) is 3.85. The van der Waals surface area contributed by atoms with E-state index in [0.717, 1.165) is 18.5 Å². The smallest absolute Gasteiger partial charge is 0.261 e. The third-order valence-corrected chi connectivity index (χ3v) is 5.21. The molecule has 0 spiro atoms. The molecule has 3 N–H and O–H groups in total. The molecule has 0 aromatic heterocycles. The van der Waals surface area contributed by atoms with Crippen LogP contribution in [0.1, 0.15) is 31.2 Å². The number of carbonyl (C=O) groups excluding carboxylic acids is 1. The standard InChI is InChI=1S/C15H17ClFN3OS/c16-11-6-3-7-12(17)10(11)8-18-15(21)14-13(19-20-22-14)9-4-1-2-5-9/h3,6-7,9,19-20H,1-2,4-5,8H2,(H,18,21). The molecule has 1 aliphatic carbocycles. The fraction of sp³-hybridized carbons (Fsp3) is 0.400. The van der Waals surface area contributed by atoms with E-state index in [1.165, 1.54) is 30.9 Å². The molecule has 118 valence electrons. The summed E-state index contributed by atoms with van der Waals surface area (Å²) in [5.41, 5.74) is 4.35. The molecule has 1 saturated carbocycles. The van der Waals surface area contributed by atoms with Crippen molar-refractivity contribution < 1.29 is 9.18 Å². The predicted octanol–water partition coefficient (Wildman–Crippen LogP) is 3.25. The number of nitrogens with one attached hydrogen (secondary N) is 3. The van der Waals surface area contributed by atoms with Crippen LogP contribution < -0.4 is 15.6 Å². The molecule has 22 heavy (non-hydrogen) atoms. The highest BCUT2D eigenvalue weighted by molar-refractivity contribution is 8.02. The Balaban J connectivity index is 1.70. The highest BCUT2D eigenvalue weighted by atomic mass is 35.5. The number of carbonyl (C=O) groups is 1. The van der Waals surface area contributed by atoms with Gasteiger partial charge in [0.15, 0.2) is 0 Å². The van der Waals surface area contributed by atoms with E-state index in [-0.39, 0.29) is 12.5 Å². The van der Waals surface area contributed by atoms with E-state index >= 15 is 0 Å². The van der Waals surface area contributed by atoms with Gasteiger partial charge in [0.1, 0.15) is 10.7 Å². The first kappa shape index (κ1) is 15.6. The zero-order valence-electron chi connectivity index (χ0n) is 11.9. The van der Waals surface area contributed by atoms with Crippen molar-refractivity contribution >= 4 is 29.5 Å². The van der Waals surface area contributed by atoms with Crippen molar-refractivity contribution in [1.29, 1.82) is 0 Å². The van der Waals surface area contributed by atoms with Crippen molar-refractivity contribution in [3.05, 3.63) is 45.2 Å². The molecular formula is C15H17ClFN3OS. The lowest BCUT2D eigenvalue weighted by Gasteiger charge is -2.13. The van der Waals surface area contributed by atoms with Crippen LogP contribution in [0.15, 0.2) is 28.8 Å². The minimum atomic E-state index is -0.409. The normalized spacial score (nSPS) is 18.6. The van der Waals surface area contributed by atoms with Crippen LogP contribution in [0.25, 0.3) is 0 Å². The Morgan fingerprint density at radius 3 is 2.91 bits per heavy atom. The molecule has 0 saturated heterocycles. The first-order valence-corrected chi connectivity index (χ1v) is 8.49. The minimum Gasteiger partial charge on any atom is -0.347 e. The second kappa shape index (κ2) is 6.89. The second-order valence-electron chi connectivity index (χ2n) is 5.44. The van der Waals surface area contributed by atoms with Gasteiger partial charge in [0.05, 0.1) is 5.70 Å². The molecule has 2 aliphatic rings. The van der Waals surface area contributed by atoms with Gasteiger partial charge in [-0.15, -0.1) is 0 Å². The molecule has 0 radical (unpaired) electrons. The average Bonchev–Trinajstić information content (AvgIpc) is 3.17. The maximum absolute atomic E-state index is 13.7. The summed E-state index contributed by atoms with van der Waals surface area (Å²) in [4.78, 5) is 15.9. The summed E-state index contributed by atoms with van der Waals surface area (Å²) in [5, 5.41) is 3.07. The van der Waals surface area contributed by atoms with E-state index in [9.17, 15) is 9.18 Å². The third-order valence-electron chi connectivity index (χ3n) is 4.04. The summed E-state index contributed by atoms with van der Waals surface area (Å²) in [6, 6.07) is 4.50. The van der Waals surface area contributed by atoms with E-state index in [1.807, 2.05) is 0 Å². The van der Waals surface area contributed by atoms with E-state index in [2.05, 4.69) is 15.6 Å². The van der Waals surface area contributed by atoms with Crippen molar-refractivity contribution in [2.24, 2.45) is 5.92 Å².